The molecular weight excluding hydrogens is 309 g/mol. The van der Waals surface area contributed by atoms with Crippen LogP contribution in [0.2, 0.25) is 0 Å². The first-order chi connectivity index (χ1) is 9.78. The van der Waals surface area contributed by atoms with Crippen LogP contribution in [0.3, 0.4) is 0 Å². The lowest BCUT2D eigenvalue weighted by Gasteiger charge is -2.16. The summed E-state index contributed by atoms with van der Waals surface area (Å²) in [7, 11) is -4.51. The van der Waals surface area contributed by atoms with Crippen LogP contribution in [0.25, 0.3) is 5.65 Å². The molecule has 0 aliphatic heterocycles. The first-order valence-corrected chi connectivity index (χ1v) is 7.66. The van der Waals surface area contributed by atoms with E-state index in [1.54, 1.807) is 6.92 Å². The molecule has 0 aliphatic carbocycles. The van der Waals surface area contributed by atoms with Crippen molar-refractivity contribution < 1.29 is 27.9 Å². The fourth-order valence-electron chi connectivity index (χ4n) is 1.75. The predicted molar refractivity (Wildman–Crippen MR) is 67.0 cm³/mol. The second kappa shape index (κ2) is 6.10. The molecule has 0 aromatic carbocycles. The van der Waals surface area contributed by atoms with Gasteiger partial charge in [-0.05, 0) is 6.92 Å². The highest BCUT2D eigenvalue weighted by atomic mass is 31.2. The molecule has 2 aromatic rings. The summed E-state index contributed by atoms with van der Waals surface area (Å²) in [6, 6.07) is 0. The van der Waals surface area contributed by atoms with Crippen LogP contribution in [-0.4, -0.2) is 48.2 Å². The fraction of sp³-hybridized carbons (Fsp3) is 0.500. The van der Waals surface area contributed by atoms with E-state index in [1.807, 2.05) is 0 Å². The van der Waals surface area contributed by atoms with E-state index in [4.69, 9.17) is 9.79 Å². The molecule has 21 heavy (non-hydrogen) atoms. The molecule has 1 atom stereocenters. The third-order valence-corrected chi connectivity index (χ3v) is 3.19. The third-order valence-electron chi connectivity index (χ3n) is 2.71. The van der Waals surface area contributed by atoms with Crippen LogP contribution in [0, 0.1) is 6.92 Å². The lowest BCUT2D eigenvalue weighted by Crippen LogP contribution is -2.25. The lowest BCUT2D eigenvalue weighted by molar-refractivity contribution is -0.0425. The van der Waals surface area contributed by atoms with E-state index in [0.29, 0.717) is 17.0 Å². The molecule has 0 saturated carbocycles. The Labute approximate surface area is 117 Å². The van der Waals surface area contributed by atoms with Crippen molar-refractivity contribution in [3.05, 3.63) is 23.9 Å². The summed E-state index contributed by atoms with van der Waals surface area (Å²) >= 11 is 0. The van der Waals surface area contributed by atoms with Crippen molar-refractivity contribution in [3.63, 3.8) is 0 Å². The van der Waals surface area contributed by atoms with Crippen molar-refractivity contribution in [2.45, 2.75) is 25.9 Å². The SMILES string of the molecule is Cc1ncnc2c(CC(OCP(=O)(O)O)C(F)F)cnn12. The van der Waals surface area contributed by atoms with Crippen LogP contribution >= 0.6 is 7.60 Å². The third kappa shape index (κ3) is 4.01. The van der Waals surface area contributed by atoms with Crippen LogP contribution in [0.4, 0.5) is 8.78 Å². The molecule has 0 aliphatic rings. The van der Waals surface area contributed by atoms with Crippen LogP contribution in [-0.2, 0) is 15.7 Å². The molecule has 0 amide bonds. The Kier molecular flexibility index (Phi) is 4.62. The van der Waals surface area contributed by atoms with E-state index in [9.17, 15) is 13.3 Å². The summed E-state index contributed by atoms with van der Waals surface area (Å²) < 4.78 is 42.5. The quantitative estimate of drug-likeness (QED) is 0.756. The minimum absolute atomic E-state index is 0.266. The zero-order valence-corrected chi connectivity index (χ0v) is 11.8. The average Bonchev–Trinajstić information content (AvgIpc) is 2.77. The first-order valence-electron chi connectivity index (χ1n) is 5.86. The normalized spacial score (nSPS) is 14.0. The summed E-state index contributed by atoms with van der Waals surface area (Å²) in [4.78, 5) is 25.2. The minimum Gasteiger partial charge on any atom is -0.359 e. The Bertz CT molecular complexity index is 674. The molecule has 0 fully saturated rings. The molecule has 2 heterocycles. The Morgan fingerprint density at radius 2 is 2.14 bits per heavy atom. The highest BCUT2D eigenvalue weighted by molar-refractivity contribution is 7.51. The molecule has 0 bridgehead atoms. The van der Waals surface area contributed by atoms with Crippen molar-refractivity contribution in [2.75, 3.05) is 6.35 Å². The Morgan fingerprint density at radius 1 is 1.43 bits per heavy atom. The highest BCUT2D eigenvalue weighted by Gasteiger charge is 2.27. The molecule has 0 spiro atoms. The second-order valence-electron chi connectivity index (χ2n) is 4.36. The standard InChI is InChI=1S/C10H13F2N4O4P/c1-6-13-4-14-10-7(3-15-16(6)10)2-8(9(11)12)20-5-21(17,18)19/h3-4,8-9H,2,5H2,1H3,(H2,17,18,19). The molecule has 0 radical (unpaired) electrons. The maximum atomic E-state index is 12.9. The van der Waals surface area contributed by atoms with Gasteiger partial charge in [-0.1, -0.05) is 0 Å². The van der Waals surface area contributed by atoms with Crippen molar-refractivity contribution in [1.82, 2.24) is 19.6 Å². The molecule has 2 N–H and O–H groups in total. The lowest BCUT2D eigenvalue weighted by atomic mass is 10.1. The zero-order chi connectivity index (χ0) is 15.6. The number of fused-ring (bicyclic) bond motifs is 1. The van der Waals surface area contributed by atoms with Crippen molar-refractivity contribution in [1.29, 1.82) is 0 Å². The molecule has 2 rings (SSSR count). The number of hydrogen-bond acceptors (Lipinski definition) is 5. The van der Waals surface area contributed by atoms with Gasteiger partial charge in [-0.15, -0.1) is 0 Å². The number of rotatable bonds is 6. The van der Waals surface area contributed by atoms with E-state index in [-0.39, 0.29) is 6.42 Å². The van der Waals surface area contributed by atoms with Gasteiger partial charge in [0.15, 0.2) is 5.65 Å². The molecular formula is C10H13F2N4O4P. The van der Waals surface area contributed by atoms with Gasteiger partial charge >= 0.3 is 7.60 Å². The van der Waals surface area contributed by atoms with Gasteiger partial charge in [0.05, 0.1) is 6.20 Å². The van der Waals surface area contributed by atoms with Crippen molar-refractivity contribution >= 4 is 13.2 Å². The Morgan fingerprint density at radius 3 is 2.76 bits per heavy atom. The maximum Gasteiger partial charge on any atom is 0.350 e. The minimum atomic E-state index is -4.51. The van der Waals surface area contributed by atoms with E-state index in [2.05, 4.69) is 19.8 Å². The largest absolute Gasteiger partial charge is 0.359 e. The number of halogens is 2. The second-order valence-corrected chi connectivity index (χ2v) is 5.95. The van der Waals surface area contributed by atoms with Crippen LogP contribution in [0.1, 0.15) is 11.4 Å². The number of alkyl halides is 2. The number of ether oxygens (including phenoxy) is 1. The predicted octanol–water partition coefficient (Wildman–Crippen LogP) is 0.761. The zero-order valence-electron chi connectivity index (χ0n) is 10.9. The van der Waals surface area contributed by atoms with Gasteiger partial charge in [-0.3, -0.25) is 4.57 Å². The molecule has 1 unspecified atom stereocenters. The monoisotopic (exact) mass is 322 g/mol. The summed E-state index contributed by atoms with van der Waals surface area (Å²) in [5.41, 5.74) is 0.740. The topological polar surface area (TPSA) is 110 Å². The molecule has 2 aromatic heterocycles. The average molecular weight is 322 g/mol. The van der Waals surface area contributed by atoms with Gasteiger partial charge in [-0.25, -0.2) is 23.3 Å². The molecule has 11 heteroatoms. The van der Waals surface area contributed by atoms with E-state index < -0.39 is 26.5 Å². The Balaban J connectivity index is 2.19. The maximum absolute atomic E-state index is 12.9. The van der Waals surface area contributed by atoms with Crippen LogP contribution in [0.5, 0.6) is 0 Å². The molecule has 0 saturated heterocycles. The number of nitrogens with zero attached hydrogens (tertiary/aromatic N) is 4. The van der Waals surface area contributed by atoms with Gasteiger partial charge in [0, 0.05) is 12.0 Å². The van der Waals surface area contributed by atoms with E-state index in [0.717, 1.165) is 0 Å². The van der Waals surface area contributed by atoms with Crippen molar-refractivity contribution in [2.24, 2.45) is 0 Å². The van der Waals surface area contributed by atoms with Gasteiger partial charge in [0.2, 0.25) is 0 Å². The summed E-state index contributed by atoms with van der Waals surface area (Å²) in [5, 5.41) is 3.98. The van der Waals surface area contributed by atoms with Gasteiger partial charge < -0.3 is 14.5 Å². The van der Waals surface area contributed by atoms with Gasteiger partial charge in [-0.2, -0.15) is 5.10 Å². The highest BCUT2D eigenvalue weighted by Crippen LogP contribution is 2.35. The molecule has 116 valence electrons. The van der Waals surface area contributed by atoms with E-state index >= 15 is 0 Å². The van der Waals surface area contributed by atoms with E-state index in [1.165, 1.54) is 17.0 Å². The summed E-state index contributed by atoms with van der Waals surface area (Å²) in [6.07, 6.45) is -3.24. The van der Waals surface area contributed by atoms with Crippen LogP contribution < -0.4 is 0 Å². The van der Waals surface area contributed by atoms with Crippen molar-refractivity contribution in [3.8, 4) is 0 Å². The van der Waals surface area contributed by atoms with Crippen LogP contribution in [0.15, 0.2) is 12.5 Å². The first kappa shape index (κ1) is 15.9. The fourth-order valence-corrected chi connectivity index (χ4v) is 2.13. The smallest absolute Gasteiger partial charge is 0.350 e. The van der Waals surface area contributed by atoms with Gasteiger partial charge in [0.1, 0.15) is 24.6 Å². The molecule has 8 nitrogen and oxygen atoms in total. The summed E-state index contributed by atoms with van der Waals surface area (Å²) in [6.45, 7) is 1.68. The number of hydrogen-bond donors (Lipinski definition) is 2. The van der Waals surface area contributed by atoms with Gasteiger partial charge in [0.25, 0.3) is 6.43 Å². The number of aryl methyl sites for hydroxylation is 1. The Hall–Kier alpha value is -1.48. The summed E-state index contributed by atoms with van der Waals surface area (Å²) in [5.74, 6) is 0.538. The number of aromatic nitrogens is 4.